The van der Waals surface area contributed by atoms with Crippen molar-refractivity contribution in [3.63, 3.8) is 0 Å². The van der Waals surface area contributed by atoms with Gasteiger partial charge in [-0.15, -0.1) is 0 Å². The number of rotatable bonds is 2. The van der Waals surface area contributed by atoms with Crippen molar-refractivity contribution >= 4 is 15.7 Å². The lowest BCUT2D eigenvalue weighted by atomic mass is 9.89. The zero-order chi connectivity index (χ0) is 12.5. The summed E-state index contributed by atoms with van der Waals surface area (Å²) in [5.41, 5.74) is -0.411. The lowest BCUT2D eigenvalue weighted by Crippen LogP contribution is -2.52. The van der Waals surface area contributed by atoms with E-state index < -0.39 is 15.4 Å². The van der Waals surface area contributed by atoms with Crippen LogP contribution in [0.5, 0.6) is 0 Å². The maximum atomic E-state index is 11.5. The molecule has 6 heteroatoms. The van der Waals surface area contributed by atoms with Crippen molar-refractivity contribution in [3.05, 3.63) is 0 Å². The van der Waals surface area contributed by atoms with E-state index in [2.05, 4.69) is 5.32 Å². The molecule has 2 unspecified atom stereocenters. The van der Waals surface area contributed by atoms with Gasteiger partial charge in [0.2, 0.25) is 5.91 Å². The Morgan fingerprint density at radius 2 is 2.29 bits per heavy atom. The summed E-state index contributed by atoms with van der Waals surface area (Å²) in [5, 5.41) is 2.77. The fourth-order valence-electron chi connectivity index (χ4n) is 2.65. The number of hydrogen-bond acceptors (Lipinski definition) is 4. The second kappa shape index (κ2) is 4.57. The van der Waals surface area contributed by atoms with E-state index in [9.17, 15) is 13.2 Å². The van der Waals surface area contributed by atoms with Gasteiger partial charge in [-0.2, -0.15) is 0 Å². The summed E-state index contributed by atoms with van der Waals surface area (Å²) in [6.07, 6.45) is 2.38. The molecule has 5 nitrogen and oxygen atoms in total. The van der Waals surface area contributed by atoms with Crippen LogP contribution in [0.1, 0.15) is 26.2 Å². The Kier molecular flexibility index (Phi) is 3.45. The summed E-state index contributed by atoms with van der Waals surface area (Å²) in [4.78, 5) is 11.0. The molecule has 0 aromatic rings. The Hall–Kier alpha value is -0.620. The van der Waals surface area contributed by atoms with Gasteiger partial charge < -0.3 is 10.1 Å². The minimum absolute atomic E-state index is 0.0793. The molecule has 2 rings (SSSR count). The van der Waals surface area contributed by atoms with Gasteiger partial charge in [0.25, 0.3) is 0 Å². The van der Waals surface area contributed by atoms with E-state index in [1.165, 1.54) is 0 Å². The predicted octanol–water partition coefficient (Wildman–Crippen LogP) is 0.106. The molecule has 98 valence electrons. The van der Waals surface area contributed by atoms with Crippen molar-refractivity contribution in [1.29, 1.82) is 0 Å². The predicted molar refractivity (Wildman–Crippen MR) is 63.4 cm³/mol. The second-order valence-electron chi connectivity index (χ2n) is 5.34. The number of carbonyl (C=O) groups is 1. The third-order valence-electron chi connectivity index (χ3n) is 3.49. The first-order chi connectivity index (χ1) is 7.89. The molecule has 0 aliphatic carbocycles. The summed E-state index contributed by atoms with van der Waals surface area (Å²) < 4.78 is 28.6. The van der Waals surface area contributed by atoms with Gasteiger partial charge in [-0.05, 0) is 32.1 Å². The molecule has 2 heterocycles. The highest BCUT2D eigenvalue weighted by Crippen LogP contribution is 2.29. The molecule has 2 saturated heterocycles. The standard InChI is InChI=1S/C11H19NO4S/c1-11(8-12-10(13)6-16-11)5-9-3-2-4-17(14,15)7-9/h9H,2-8H2,1H3,(H,12,13). The van der Waals surface area contributed by atoms with Gasteiger partial charge in [0.15, 0.2) is 9.84 Å². The molecule has 2 aliphatic heterocycles. The van der Waals surface area contributed by atoms with Crippen LogP contribution >= 0.6 is 0 Å². The average Bonchev–Trinajstić information content (AvgIpc) is 2.21. The molecule has 0 aromatic heterocycles. The fraction of sp³-hybridized carbons (Fsp3) is 0.909. The van der Waals surface area contributed by atoms with Crippen molar-refractivity contribution < 1.29 is 17.9 Å². The maximum Gasteiger partial charge on any atom is 0.246 e. The van der Waals surface area contributed by atoms with Gasteiger partial charge in [0.05, 0.1) is 17.1 Å². The third kappa shape index (κ3) is 3.42. The molecule has 1 amide bonds. The molecular formula is C11H19NO4S. The van der Waals surface area contributed by atoms with Gasteiger partial charge in [-0.1, -0.05) is 0 Å². The number of ether oxygens (including phenoxy) is 1. The summed E-state index contributed by atoms with van der Waals surface area (Å²) in [6, 6.07) is 0. The smallest absolute Gasteiger partial charge is 0.246 e. The molecule has 0 spiro atoms. The lowest BCUT2D eigenvalue weighted by Gasteiger charge is -2.37. The molecule has 1 N–H and O–H groups in total. The highest BCUT2D eigenvalue weighted by molar-refractivity contribution is 7.91. The van der Waals surface area contributed by atoms with Crippen LogP contribution in [0.3, 0.4) is 0 Å². The number of morpholine rings is 1. The van der Waals surface area contributed by atoms with Crippen molar-refractivity contribution in [3.8, 4) is 0 Å². The van der Waals surface area contributed by atoms with Crippen molar-refractivity contribution in [2.75, 3.05) is 24.7 Å². The monoisotopic (exact) mass is 261 g/mol. The van der Waals surface area contributed by atoms with E-state index in [4.69, 9.17) is 4.74 Å². The zero-order valence-corrected chi connectivity index (χ0v) is 10.9. The Bertz CT molecular complexity index is 394. The van der Waals surface area contributed by atoms with Crippen LogP contribution in [-0.4, -0.2) is 44.6 Å². The van der Waals surface area contributed by atoms with Crippen LogP contribution in [0.4, 0.5) is 0 Å². The minimum Gasteiger partial charge on any atom is -0.364 e. The van der Waals surface area contributed by atoms with E-state index in [0.717, 1.165) is 12.8 Å². The first-order valence-electron chi connectivity index (χ1n) is 6.00. The maximum absolute atomic E-state index is 11.5. The average molecular weight is 261 g/mol. The summed E-state index contributed by atoms with van der Waals surface area (Å²) >= 11 is 0. The fourth-order valence-corrected chi connectivity index (χ4v) is 4.42. The molecule has 2 aliphatic rings. The van der Waals surface area contributed by atoms with Gasteiger partial charge in [0.1, 0.15) is 6.61 Å². The number of sulfone groups is 1. The second-order valence-corrected chi connectivity index (χ2v) is 7.57. The summed E-state index contributed by atoms with van der Waals surface area (Å²) in [7, 11) is -2.86. The van der Waals surface area contributed by atoms with Crippen LogP contribution < -0.4 is 5.32 Å². The Balaban J connectivity index is 1.94. The van der Waals surface area contributed by atoms with Crippen LogP contribution in [0.25, 0.3) is 0 Å². The van der Waals surface area contributed by atoms with Gasteiger partial charge >= 0.3 is 0 Å². The van der Waals surface area contributed by atoms with Gasteiger partial charge in [0, 0.05) is 6.54 Å². The lowest BCUT2D eigenvalue weighted by molar-refractivity contribution is -0.143. The molecule has 2 atom stereocenters. The van der Waals surface area contributed by atoms with Crippen LogP contribution in [-0.2, 0) is 19.4 Å². The SMILES string of the molecule is CC1(CC2CCCS(=O)(=O)C2)CNC(=O)CO1. The molecule has 17 heavy (non-hydrogen) atoms. The third-order valence-corrected chi connectivity index (χ3v) is 5.38. The van der Waals surface area contributed by atoms with Crippen molar-refractivity contribution in [2.45, 2.75) is 31.8 Å². The number of amides is 1. The topological polar surface area (TPSA) is 72.5 Å². The number of nitrogens with one attached hydrogen (secondary N) is 1. The van der Waals surface area contributed by atoms with E-state index in [0.29, 0.717) is 18.7 Å². The van der Waals surface area contributed by atoms with Gasteiger partial charge in [-0.25, -0.2) is 8.42 Å². The minimum atomic E-state index is -2.86. The molecule has 0 saturated carbocycles. The molecule has 0 radical (unpaired) electrons. The molecule has 2 fully saturated rings. The van der Waals surface area contributed by atoms with Crippen LogP contribution in [0, 0.1) is 5.92 Å². The van der Waals surface area contributed by atoms with Crippen molar-refractivity contribution in [2.24, 2.45) is 5.92 Å². The first kappa shape index (κ1) is 12.8. The number of hydrogen-bond donors (Lipinski definition) is 1. The highest BCUT2D eigenvalue weighted by Gasteiger charge is 2.36. The number of carbonyl (C=O) groups excluding carboxylic acids is 1. The summed E-state index contributed by atoms with van der Waals surface area (Å²) in [6.45, 7) is 2.49. The molecule has 0 bridgehead atoms. The van der Waals surface area contributed by atoms with Crippen molar-refractivity contribution in [1.82, 2.24) is 5.32 Å². The Morgan fingerprint density at radius 1 is 1.53 bits per heavy atom. The normalized spacial score (nSPS) is 37.5. The van der Waals surface area contributed by atoms with E-state index >= 15 is 0 Å². The molecule has 0 aromatic carbocycles. The quantitative estimate of drug-likeness (QED) is 0.765. The van der Waals surface area contributed by atoms with E-state index in [1.807, 2.05) is 6.92 Å². The Labute approximate surface area is 102 Å². The first-order valence-corrected chi connectivity index (χ1v) is 7.82. The van der Waals surface area contributed by atoms with E-state index in [1.54, 1.807) is 0 Å². The Morgan fingerprint density at radius 3 is 2.88 bits per heavy atom. The zero-order valence-electron chi connectivity index (χ0n) is 10.1. The largest absolute Gasteiger partial charge is 0.364 e. The highest BCUT2D eigenvalue weighted by atomic mass is 32.2. The van der Waals surface area contributed by atoms with Crippen LogP contribution in [0.2, 0.25) is 0 Å². The molecular weight excluding hydrogens is 242 g/mol. The van der Waals surface area contributed by atoms with Gasteiger partial charge in [-0.3, -0.25) is 4.79 Å². The van der Waals surface area contributed by atoms with E-state index in [-0.39, 0.29) is 24.2 Å². The van der Waals surface area contributed by atoms with Crippen LogP contribution in [0.15, 0.2) is 0 Å². The summed E-state index contributed by atoms with van der Waals surface area (Å²) in [5.74, 6) is 0.644.